The molecule has 2 heterocycles. The summed E-state index contributed by atoms with van der Waals surface area (Å²) in [4.78, 5) is 14.8. The van der Waals surface area contributed by atoms with E-state index in [-0.39, 0.29) is 30.7 Å². The molecule has 2 atom stereocenters. The Labute approximate surface area is 182 Å². The topological polar surface area (TPSA) is 60.0 Å². The first-order chi connectivity index (χ1) is 15.2. The number of anilines is 1. The molecular formula is C24H29FN2O4. The van der Waals surface area contributed by atoms with Crippen molar-refractivity contribution in [3.05, 3.63) is 59.9 Å². The van der Waals surface area contributed by atoms with Gasteiger partial charge in [0.2, 0.25) is 0 Å². The molecule has 6 nitrogen and oxygen atoms in total. The van der Waals surface area contributed by atoms with E-state index in [1.165, 1.54) is 12.1 Å². The minimum absolute atomic E-state index is 0.0769. The second-order valence-corrected chi connectivity index (χ2v) is 8.05. The van der Waals surface area contributed by atoms with Crippen LogP contribution in [0.5, 0.6) is 5.75 Å². The zero-order valence-corrected chi connectivity index (χ0v) is 17.6. The molecule has 2 aliphatic heterocycles. The lowest BCUT2D eigenvalue weighted by molar-refractivity contribution is 0.0524. The number of urea groups is 1. The van der Waals surface area contributed by atoms with Gasteiger partial charge in [-0.15, -0.1) is 0 Å². The Morgan fingerprint density at radius 1 is 1.03 bits per heavy atom. The van der Waals surface area contributed by atoms with Crippen LogP contribution in [0.15, 0.2) is 48.5 Å². The first-order valence-corrected chi connectivity index (χ1v) is 10.9. The summed E-state index contributed by atoms with van der Waals surface area (Å²) in [5, 5.41) is 2.97. The highest BCUT2D eigenvalue weighted by Crippen LogP contribution is 2.21. The SMILES string of the molecule is O=C(Nc1cccc(OCc2cccc(F)c2)c1)N(C[C@H]1CCCO1)C[C@@H]1CCCO1. The maximum atomic E-state index is 13.3. The van der Waals surface area contributed by atoms with E-state index < -0.39 is 0 Å². The Morgan fingerprint density at radius 2 is 1.74 bits per heavy atom. The Balaban J connectivity index is 1.37. The van der Waals surface area contributed by atoms with Crippen LogP contribution in [0, 0.1) is 5.82 Å². The Kier molecular flexibility index (Phi) is 7.38. The van der Waals surface area contributed by atoms with Gasteiger partial charge in [0.15, 0.2) is 0 Å². The quantitative estimate of drug-likeness (QED) is 0.668. The number of rotatable bonds is 8. The highest BCUT2D eigenvalue weighted by atomic mass is 19.1. The Morgan fingerprint density at radius 3 is 2.39 bits per heavy atom. The maximum absolute atomic E-state index is 13.3. The standard InChI is InChI=1S/C24H29FN2O4/c25-19-6-1-5-18(13-19)17-31-21-8-2-7-20(14-21)26-24(28)27(15-22-9-3-11-29-22)16-23-10-4-12-30-23/h1-2,5-8,13-14,22-23H,3-4,9-12,15-17H2,(H,26,28)/t22-,23+. The second-order valence-electron chi connectivity index (χ2n) is 8.05. The van der Waals surface area contributed by atoms with Gasteiger partial charge in [0, 0.05) is 38.1 Å². The number of benzene rings is 2. The summed E-state index contributed by atoms with van der Waals surface area (Å²) in [5.74, 6) is 0.312. The Bertz CT molecular complexity index is 848. The zero-order chi connectivity index (χ0) is 21.5. The molecule has 0 aromatic heterocycles. The van der Waals surface area contributed by atoms with E-state index in [1.54, 1.807) is 17.0 Å². The molecule has 1 N–H and O–H groups in total. The first kappa shape index (κ1) is 21.6. The molecule has 0 radical (unpaired) electrons. The molecule has 4 rings (SSSR count). The summed E-state index contributed by atoms with van der Waals surface area (Å²) in [6.07, 6.45) is 4.16. The average molecular weight is 429 g/mol. The summed E-state index contributed by atoms with van der Waals surface area (Å²) in [7, 11) is 0. The average Bonchev–Trinajstić information content (AvgIpc) is 3.46. The molecule has 0 spiro atoms. The van der Waals surface area contributed by atoms with E-state index >= 15 is 0 Å². The molecule has 31 heavy (non-hydrogen) atoms. The molecule has 7 heteroatoms. The highest BCUT2D eigenvalue weighted by Gasteiger charge is 2.27. The van der Waals surface area contributed by atoms with Crippen molar-refractivity contribution < 1.29 is 23.4 Å². The number of hydrogen-bond donors (Lipinski definition) is 1. The second kappa shape index (κ2) is 10.6. The number of carbonyl (C=O) groups excluding carboxylic acids is 1. The van der Waals surface area contributed by atoms with E-state index in [0.717, 1.165) is 44.5 Å². The van der Waals surface area contributed by atoms with Crippen LogP contribution < -0.4 is 10.1 Å². The zero-order valence-electron chi connectivity index (χ0n) is 17.6. The van der Waals surface area contributed by atoms with Gasteiger partial charge in [-0.2, -0.15) is 0 Å². The lowest BCUT2D eigenvalue weighted by Gasteiger charge is -2.28. The van der Waals surface area contributed by atoms with E-state index in [1.807, 2.05) is 24.3 Å². The van der Waals surface area contributed by atoms with Gasteiger partial charge >= 0.3 is 6.03 Å². The smallest absolute Gasteiger partial charge is 0.322 e. The molecule has 0 bridgehead atoms. The highest BCUT2D eigenvalue weighted by molar-refractivity contribution is 5.89. The van der Waals surface area contributed by atoms with Crippen LogP contribution in [-0.2, 0) is 16.1 Å². The van der Waals surface area contributed by atoms with Crippen molar-refractivity contribution in [1.29, 1.82) is 0 Å². The van der Waals surface area contributed by atoms with Gasteiger partial charge in [-0.3, -0.25) is 0 Å². The van der Waals surface area contributed by atoms with Crippen molar-refractivity contribution in [3.8, 4) is 5.75 Å². The van der Waals surface area contributed by atoms with Crippen molar-refractivity contribution in [2.45, 2.75) is 44.5 Å². The molecule has 0 aliphatic carbocycles. The van der Waals surface area contributed by atoms with Crippen LogP contribution in [0.2, 0.25) is 0 Å². The van der Waals surface area contributed by atoms with Crippen molar-refractivity contribution in [3.63, 3.8) is 0 Å². The monoisotopic (exact) mass is 428 g/mol. The van der Waals surface area contributed by atoms with E-state index in [9.17, 15) is 9.18 Å². The van der Waals surface area contributed by atoms with Gasteiger partial charge in [-0.1, -0.05) is 18.2 Å². The first-order valence-electron chi connectivity index (χ1n) is 10.9. The fourth-order valence-electron chi connectivity index (χ4n) is 3.97. The summed E-state index contributed by atoms with van der Waals surface area (Å²) in [6, 6.07) is 13.4. The third-order valence-electron chi connectivity index (χ3n) is 5.56. The Hall–Kier alpha value is -2.64. The molecule has 2 fully saturated rings. The minimum Gasteiger partial charge on any atom is -0.489 e. The number of nitrogens with one attached hydrogen (secondary N) is 1. The molecular weight excluding hydrogens is 399 g/mol. The number of nitrogens with zero attached hydrogens (tertiary/aromatic N) is 1. The van der Waals surface area contributed by atoms with Crippen molar-refractivity contribution in [2.24, 2.45) is 0 Å². The molecule has 0 saturated carbocycles. The van der Waals surface area contributed by atoms with Crippen molar-refractivity contribution >= 4 is 11.7 Å². The van der Waals surface area contributed by atoms with E-state index in [4.69, 9.17) is 14.2 Å². The minimum atomic E-state index is -0.292. The third kappa shape index (κ3) is 6.42. The largest absolute Gasteiger partial charge is 0.489 e. The fourth-order valence-corrected chi connectivity index (χ4v) is 3.97. The van der Waals surface area contributed by atoms with Crippen molar-refractivity contribution in [1.82, 2.24) is 4.90 Å². The molecule has 2 aromatic carbocycles. The predicted octanol–water partition coefficient (Wildman–Crippen LogP) is 4.60. The van der Waals surface area contributed by atoms with Gasteiger partial charge in [-0.05, 0) is 55.5 Å². The van der Waals surface area contributed by atoms with Gasteiger partial charge < -0.3 is 24.4 Å². The predicted molar refractivity (Wildman–Crippen MR) is 116 cm³/mol. The molecule has 2 aromatic rings. The van der Waals surface area contributed by atoms with Crippen molar-refractivity contribution in [2.75, 3.05) is 31.6 Å². The van der Waals surface area contributed by atoms with Crippen LogP contribution in [0.25, 0.3) is 0 Å². The van der Waals surface area contributed by atoms with E-state index in [0.29, 0.717) is 24.5 Å². The molecule has 2 saturated heterocycles. The lowest BCUT2D eigenvalue weighted by Crippen LogP contribution is -2.44. The molecule has 166 valence electrons. The van der Waals surface area contributed by atoms with Gasteiger partial charge in [0.05, 0.1) is 12.2 Å². The van der Waals surface area contributed by atoms with Crippen LogP contribution in [-0.4, -0.2) is 49.4 Å². The summed E-state index contributed by atoms with van der Waals surface area (Å²) >= 11 is 0. The summed E-state index contributed by atoms with van der Waals surface area (Å²) < 4.78 is 30.6. The van der Waals surface area contributed by atoms with Gasteiger partial charge in [0.25, 0.3) is 0 Å². The summed E-state index contributed by atoms with van der Waals surface area (Å²) in [6.45, 7) is 2.87. The van der Waals surface area contributed by atoms with Crippen LogP contribution >= 0.6 is 0 Å². The van der Waals surface area contributed by atoms with Crippen LogP contribution in [0.4, 0.5) is 14.9 Å². The molecule has 2 amide bonds. The number of carbonyl (C=O) groups is 1. The number of ether oxygens (including phenoxy) is 3. The number of halogens is 1. The lowest BCUT2D eigenvalue weighted by atomic mass is 10.2. The normalized spacial score (nSPS) is 20.5. The van der Waals surface area contributed by atoms with E-state index in [2.05, 4.69) is 5.32 Å². The maximum Gasteiger partial charge on any atom is 0.322 e. The summed E-state index contributed by atoms with van der Waals surface area (Å²) in [5.41, 5.74) is 1.39. The van der Waals surface area contributed by atoms with Gasteiger partial charge in [-0.25, -0.2) is 9.18 Å². The van der Waals surface area contributed by atoms with Crippen LogP contribution in [0.1, 0.15) is 31.2 Å². The number of hydrogen-bond acceptors (Lipinski definition) is 4. The number of amides is 2. The fraction of sp³-hybridized carbons (Fsp3) is 0.458. The third-order valence-corrected chi connectivity index (χ3v) is 5.56. The molecule has 0 unspecified atom stereocenters. The molecule has 2 aliphatic rings. The van der Waals surface area contributed by atoms with Gasteiger partial charge in [0.1, 0.15) is 18.2 Å². The van der Waals surface area contributed by atoms with Crippen LogP contribution in [0.3, 0.4) is 0 Å².